The summed E-state index contributed by atoms with van der Waals surface area (Å²) in [4.78, 5) is 17.0. The van der Waals surface area contributed by atoms with Gasteiger partial charge in [0.2, 0.25) is 0 Å². The Morgan fingerprint density at radius 3 is 2.45 bits per heavy atom. The van der Waals surface area contributed by atoms with Crippen LogP contribution < -0.4 is 10.1 Å². The van der Waals surface area contributed by atoms with Gasteiger partial charge in [0.25, 0.3) is 5.91 Å². The first-order valence-electron chi connectivity index (χ1n) is 9.66. The summed E-state index contributed by atoms with van der Waals surface area (Å²) in [6.07, 6.45) is 1.81. The SMILES string of the molecule is Cn1c(CCc2ccccc2)nc2cc(NC(=O)COc3ccccc3)ccc21. The fourth-order valence-corrected chi connectivity index (χ4v) is 3.31. The van der Waals surface area contributed by atoms with Crippen molar-refractivity contribution in [2.75, 3.05) is 11.9 Å². The van der Waals surface area contributed by atoms with Gasteiger partial charge in [-0.25, -0.2) is 4.98 Å². The second kappa shape index (κ2) is 8.61. The topological polar surface area (TPSA) is 56.2 Å². The monoisotopic (exact) mass is 385 g/mol. The zero-order chi connectivity index (χ0) is 20.1. The maximum atomic E-state index is 12.2. The van der Waals surface area contributed by atoms with Crippen LogP contribution in [0, 0.1) is 0 Å². The Labute approximate surface area is 170 Å². The minimum atomic E-state index is -0.201. The lowest BCUT2D eigenvalue weighted by molar-refractivity contribution is -0.118. The van der Waals surface area contributed by atoms with Crippen LogP contribution in [0.1, 0.15) is 11.4 Å². The lowest BCUT2D eigenvalue weighted by atomic mass is 10.1. The number of benzene rings is 3. The summed E-state index contributed by atoms with van der Waals surface area (Å²) in [6, 6.07) is 25.5. The number of rotatable bonds is 7. The molecule has 146 valence electrons. The van der Waals surface area contributed by atoms with Crippen LogP contribution >= 0.6 is 0 Å². The summed E-state index contributed by atoms with van der Waals surface area (Å²) in [5, 5.41) is 2.88. The molecule has 1 aromatic heterocycles. The van der Waals surface area contributed by atoms with E-state index >= 15 is 0 Å². The number of anilines is 1. The predicted octanol–water partition coefficient (Wildman–Crippen LogP) is 4.38. The number of aryl methyl sites for hydroxylation is 3. The molecule has 0 unspecified atom stereocenters. The molecule has 1 amide bonds. The molecule has 3 aromatic carbocycles. The molecule has 0 aliphatic heterocycles. The number of fused-ring (bicyclic) bond motifs is 1. The molecule has 4 rings (SSSR count). The molecule has 1 N–H and O–H groups in total. The van der Waals surface area contributed by atoms with Gasteiger partial charge in [-0.2, -0.15) is 0 Å². The van der Waals surface area contributed by atoms with Crippen LogP contribution in [0.4, 0.5) is 5.69 Å². The standard InChI is InChI=1S/C24H23N3O2/c1-27-22-14-13-19(25-24(28)17-29-20-10-6-3-7-11-20)16-21(22)26-23(27)15-12-18-8-4-2-5-9-18/h2-11,13-14,16H,12,15,17H2,1H3,(H,25,28). The number of aromatic nitrogens is 2. The van der Waals surface area contributed by atoms with Crippen LogP contribution in [0.25, 0.3) is 11.0 Å². The summed E-state index contributed by atoms with van der Waals surface area (Å²) in [7, 11) is 2.03. The van der Waals surface area contributed by atoms with Crippen molar-refractivity contribution in [3.63, 3.8) is 0 Å². The van der Waals surface area contributed by atoms with Crippen LogP contribution in [0.15, 0.2) is 78.9 Å². The third kappa shape index (κ3) is 4.63. The minimum absolute atomic E-state index is 0.0351. The Morgan fingerprint density at radius 2 is 1.69 bits per heavy atom. The van der Waals surface area contributed by atoms with E-state index in [-0.39, 0.29) is 12.5 Å². The fraction of sp³-hybridized carbons (Fsp3) is 0.167. The maximum absolute atomic E-state index is 12.2. The molecular weight excluding hydrogens is 362 g/mol. The van der Waals surface area contributed by atoms with E-state index in [0.717, 1.165) is 29.7 Å². The van der Waals surface area contributed by atoms with E-state index in [1.165, 1.54) is 5.56 Å². The summed E-state index contributed by atoms with van der Waals surface area (Å²) in [5.41, 5.74) is 3.93. The number of hydrogen-bond donors (Lipinski definition) is 1. The van der Waals surface area contributed by atoms with Gasteiger partial charge in [-0.15, -0.1) is 0 Å². The van der Waals surface area contributed by atoms with E-state index in [1.807, 2.05) is 61.6 Å². The van der Waals surface area contributed by atoms with Crippen LogP contribution in [-0.4, -0.2) is 22.1 Å². The molecule has 0 bridgehead atoms. The molecule has 4 aromatic rings. The molecule has 0 aliphatic rings. The van der Waals surface area contributed by atoms with Gasteiger partial charge in [0, 0.05) is 19.2 Å². The molecule has 0 saturated carbocycles. The summed E-state index contributed by atoms with van der Waals surface area (Å²) < 4.78 is 7.61. The molecule has 0 atom stereocenters. The van der Waals surface area contributed by atoms with Crippen molar-refractivity contribution < 1.29 is 9.53 Å². The average molecular weight is 385 g/mol. The highest BCUT2D eigenvalue weighted by Gasteiger charge is 2.10. The average Bonchev–Trinajstić information content (AvgIpc) is 3.07. The van der Waals surface area contributed by atoms with Gasteiger partial charge >= 0.3 is 0 Å². The van der Waals surface area contributed by atoms with Crippen molar-refractivity contribution in [2.24, 2.45) is 7.05 Å². The van der Waals surface area contributed by atoms with Crippen molar-refractivity contribution in [2.45, 2.75) is 12.8 Å². The van der Waals surface area contributed by atoms with Crippen molar-refractivity contribution in [1.29, 1.82) is 0 Å². The maximum Gasteiger partial charge on any atom is 0.262 e. The minimum Gasteiger partial charge on any atom is -0.484 e. The van der Waals surface area contributed by atoms with E-state index < -0.39 is 0 Å². The highest BCUT2D eigenvalue weighted by molar-refractivity contribution is 5.94. The van der Waals surface area contributed by atoms with E-state index in [4.69, 9.17) is 9.72 Å². The van der Waals surface area contributed by atoms with Crippen molar-refractivity contribution >= 4 is 22.6 Å². The van der Waals surface area contributed by atoms with Crippen molar-refractivity contribution in [3.05, 3.63) is 90.3 Å². The van der Waals surface area contributed by atoms with Crippen molar-refractivity contribution in [3.8, 4) is 5.75 Å². The molecule has 0 fully saturated rings. The number of carbonyl (C=O) groups is 1. The quantitative estimate of drug-likeness (QED) is 0.514. The van der Waals surface area contributed by atoms with E-state index in [2.05, 4.69) is 34.1 Å². The molecule has 29 heavy (non-hydrogen) atoms. The number of carbonyl (C=O) groups excluding carboxylic acids is 1. The molecule has 0 saturated heterocycles. The lowest BCUT2D eigenvalue weighted by Crippen LogP contribution is -2.20. The molecule has 5 heteroatoms. The number of amides is 1. The van der Waals surface area contributed by atoms with Gasteiger partial charge < -0.3 is 14.6 Å². The number of hydrogen-bond acceptors (Lipinski definition) is 3. The first-order chi connectivity index (χ1) is 14.2. The predicted molar refractivity (Wildman–Crippen MR) is 115 cm³/mol. The van der Waals surface area contributed by atoms with Gasteiger partial charge in [0.15, 0.2) is 6.61 Å². The lowest BCUT2D eigenvalue weighted by Gasteiger charge is -2.07. The molecule has 1 heterocycles. The molecule has 0 aliphatic carbocycles. The van der Waals surface area contributed by atoms with Crippen molar-refractivity contribution in [1.82, 2.24) is 9.55 Å². The summed E-state index contributed by atoms with van der Waals surface area (Å²) >= 11 is 0. The third-order valence-electron chi connectivity index (χ3n) is 4.85. The fourth-order valence-electron chi connectivity index (χ4n) is 3.31. The Hall–Kier alpha value is -3.60. The second-order valence-electron chi connectivity index (χ2n) is 6.93. The Balaban J connectivity index is 1.41. The summed E-state index contributed by atoms with van der Waals surface area (Å²) in [5.74, 6) is 1.50. The van der Waals surface area contributed by atoms with Gasteiger partial charge in [-0.05, 0) is 42.3 Å². The van der Waals surface area contributed by atoms with E-state index in [9.17, 15) is 4.79 Å². The Morgan fingerprint density at radius 1 is 0.966 bits per heavy atom. The zero-order valence-electron chi connectivity index (χ0n) is 16.3. The largest absolute Gasteiger partial charge is 0.484 e. The summed E-state index contributed by atoms with van der Waals surface area (Å²) in [6.45, 7) is -0.0351. The van der Waals surface area contributed by atoms with Gasteiger partial charge in [-0.3, -0.25) is 4.79 Å². The second-order valence-corrected chi connectivity index (χ2v) is 6.93. The smallest absolute Gasteiger partial charge is 0.262 e. The highest BCUT2D eigenvalue weighted by atomic mass is 16.5. The number of para-hydroxylation sites is 1. The van der Waals surface area contributed by atoms with Gasteiger partial charge in [0.1, 0.15) is 11.6 Å². The number of imidazole rings is 1. The molecule has 5 nitrogen and oxygen atoms in total. The van der Waals surface area contributed by atoms with E-state index in [0.29, 0.717) is 11.4 Å². The normalized spacial score (nSPS) is 10.8. The highest BCUT2D eigenvalue weighted by Crippen LogP contribution is 2.21. The number of nitrogens with one attached hydrogen (secondary N) is 1. The Kier molecular flexibility index (Phi) is 5.56. The van der Waals surface area contributed by atoms with Crippen LogP contribution in [-0.2, 0) is 24.7 Å². The molecule has 0 spiro atoms. The van der Waals surface area contributed by atoms with Crippen LogP contribution in [0.5, 0.6) is 5.75 Å². The molecule has 0 radical (unpaired) electrons. The first kappa shape index (κ1) is 18.7. The zero-order valence-corrected chi connectivity index (χ0v) is 16.3. The third-order valence-corrected chi connectivity index (χ3v) is 4.85. The van der Waals surface area contributed by atoms with Gasteiger partial charge in [-0.1, -0.05) is 48.5 Å². The molecular formula is C24H23N3O2. The number of ether oxygens (including phenoxy) is 1. The first-order valence-corrected chi connectivity index (χ1v) is 9.66. The van der Waals surface area contributed by atoms with E-state index in [1.54, 1.807) is 0 Å². The van der Waals surface area contributed by atoms with Gasteiger partial charge in [0.05, 0.1) is 11.0 Å². The number of nitrogens with zero attached hydrogens (tertiary/aromatic N) is 2. The van der Waals surface area contributed by atoms with Crippen LogP contribution in [0.2, 0.25) is 0 Å². The van der Waals surface area contributed by atoms with Crippen LogP contribution in [0.3, 0.4) is 0 Å². The Bertz CT molecular complexity index is 1110.